The third-order valence-electron chi connectivity index (χ3n) is 2.83. The van der Waals surface area contributed by atoms with Crippen LogP contribution in [0.5, 0.6) is 0 Å². The van der Waals surface area contributed by atoms with E-state index in [1.807, 2.05) is 12.1 Å². The summed E-state index contributed by atoms with van der Waals surface area (Å²) in [5, 5.41) is 10.5. The van der Waals surface area contributed by atoms with Gasteiger partial charge in [0, 0.05) is 0 Å². The van der Waals surface area contributed by atoms with Crippen LogP contribution in [0.1, 0.15) is 12.0 Å². The molecule has 0 heterocycles. The summed E-state index contributed by atoms with van der Waals surface area (Å²) in [6.45, 7) is 7.17. The number of aliphatic hydroxyl groups excluding tert-OH is 1. The summed E-state index contributed by atoms with van der Waals surface area (Å²) >= 11 is 0. The van der Waals surface area contributed by atoms with Gasteiger partial charge >= 0.3 is 0 Å². The number of hydrogen-bond acceptors (Lipinski definition) is 1. The van der Waals surface area contributed by atoms with Crippen LogP contribution in [0.3, 0.4) is 0 Å². The van der Waals surface area contributed by atoms with Gasteiger partial charge in [-0.05, 0) is 18.4 Å². The largest absolute Gasteiger partial charge is 0.392 e. The fourth-order valence-electron chi connectivity index (χ4n) is 1.82. The van der Waals surface area contributed by atoms with E-state index in [0.717, 1.165) is 12.8 Å². The molecule has 1 nitrogen and oxygen atoms in total. The van der Waals surface area contributed by atoms with Gasteiger partial charge in [-0.15, -0.1) is 0 Å². The van der Waals surface area contributed by atoms with Crippen molar-refractivity contribution in [2.24, 2.45) is 0 Å². The summed E-state index contributed by atoms with van der Waals surface area (Å²) < 4.78 is 0. The third kappa shape index (κ3) is 4.33. The van der Waals surface area contributed by atoms with Gasteiger partial charge in [0.2, 0.25) is 0 Å². The Labute approximate surface area is 99.8 Å². The molecule has 0 bridgehead atoms. The van der Waals surface area contributed by atoms with E-state index < -0.39 is 8.07 Å². The van der Waals surface area contributed by atoms with Gasteiger partial charge < -0.3 is 5.11 Å². The normalized spacial score (nSPS) is 12.9. The molecule has 0 atom stereocenters. The summed E-state index contributed by atoms with van der Waals surface area (Å²) in [5.74, 6) is 0. The van der Waals surface area contributed by atoms with Crippen LogP contribution in [0.2, 0.25) is 19.6 Å². The van der Waals surface area contributed by atoms with Crippen molar-refractivity contribution in [1.82, 2.24) is 0 Å². The second kappa shape index (κ2) is 6.02. The molecule has 0 unspecified atom stereocenters. The maximum absolute atomic E-state index is 9.04. The van der Waals surface area contributed by atoms with E-state index in [1.54, 1.807) is 0 Å². The van der Waals surface area contributed by atoms with E-state index in [2.05, 4.69) is 43.9 Å². The lowest BCUT2D eigenvalue weighted by atomic mass is 10.1. The zero-order valence-corrected chi connectivity index (χ0v) is 11.5. The summed E-state index contributed by atoms with van der Waals surface area (Å²) in [4.78, 5) is 0. The molecule has 0 saturated carbocycles. The Kier molecular flexibility index (Phi) is 4.96. The van der Waals surface area contributed by atoms with Crippen LogP contribution in [-0.2, 0) is 6.42 Å². The SMILES string of the molecule is C[Si](C)(C)/C(=C/CO)CCc1ccccc1. The highest BCUT2D eigenvalue weighted by Crippen LogP contribution is 2.20. The lowest BCUT2D eigenvalue weighted by Crippen LogP contribution is -2.24. The first-order valence-electron chi connectivity index (χ1n) is 5.88. The van der Waals surface area contributed by atoms with Crippen LogP contribution in [0.25, 0.3) is 0 Å². The van der Waals surface area contributed by atoms with Crippen LogP contribution in [0, 0.1) is 0 Å². The predicted molar refractivity (Wildman–Crippen MR) is 73.3 cm³/mol. The van der Waals surface area contributed by atoms with Gasteiger partial charge in [-0.2, -0.15) is 0 Å². The molecule has 1 N–H and O–H groups in total. The minimum atomic E-state index is -1.26. The van der Waals surface area contributed by atoms with Crippen molar-refractivity contribution in [3.63, 3.8) is 0 Å². The van der Waals surface area contributed by atoms with Crippen LogP contribution in [-0.4, -0.2) is 19.8 Å². The Morgan fingerprint density at radius 1 is 1.19 bits per heavy atom. The van der Waals surface area contributed by atoms with E-state index in [0.29, 0.717) is 0 Å². The molecule has 1 rings (SSSR count). The molecule has 0 spiro atoms. The molecule has 0 aliphatic rings. The molecule has 1 aromatic carbocycles. The molecular formula is C14H22OSi. The van der Waals surface area contributed by atoms with E-state index in [-0.39, 0.29) is 6.61 Å². The fraction of sp³-hybridized carbons (Fsp3) is 0.429. The molecule has 0 radical (unpaired) electrons. The molecule has 0 amide bonds. The number of hydrogen-bond donors (Lipinski definition) is 1. The number of rotatable bonds is 5. The van der Waals surface area contributed by atoms with Crippen LogP contribution >= 0.6 is 0 Å². The predicted octanol–water partition coefficient (Wildman–Crippen LogP) is 3.42. The maximum Gasteiger partial charge on any atom is 0.0721 e. The molecule has 0 aromatic heterocycles. The van der Waals surface area contributed by atoms with E-state index in [9.17, 15) is 0 Å². The van der Waals surface area contributed by atoms with Crippen molar-refractivity contribution in [3.05, 3.63) is 47.2 Å². The molecule has 0 fully saturated rings. The average molecular weight is 234 g/mol. The Bertz CT molecular complexity index is 336. The van der Waals surface area contributed by atoms with Gasteiger partial charge in [0.05, 0.1) is 14.7 Å². The van der Waals surface area contributed by atoms with Gasteiger partial charge in [0.25, 0.3) is 0 Å². The highest BCUT2D eigenvalue weighted by molar-refractivity contribution is 6.83. The van der Waals surface area contributed by atoms with Gasteiger partial charge in [-0.25, -0.2) is 0 Å². The molecule has 0 saturated heterocycles. The monoisotopic (exact) mass is 234 g/mol. The quantitative estimate of drug-likeness (QED) is 0.774. The summed E-state index contributed by atoms with van der Waals surface area (Å²) in [6, 6.07) is 10.5. The lowest BCUT2D eigenvalue weighted by Gasteiger charge is -2.21. The van der Waals surface area contributed by atoms with Crippen LogP contribution in [0.4, 0.5) is 0 Å². The first kappa shape index (κ1) is 13.2. The van der Waals surface area contributed by atoms with Crippen LogP contribution in [0.15, 0.2) is 41.6 Å². The number of allylic oxidation sites excluding steroid dienone is 1. The highest BCUT2D eigenvalue weighted by Gasteiger charge is 2.18. The number of benzene rings is 1. The van der Waals surface area contributed by atoms with Gasteiger partial charge in [0.1, 0.15) is 0 Å². The van der Waals surface area contributed by atoms with Gasteiger partial charge in [-0.3, -0.25) is 0 Å². The third-order valence-corrected chi connectivity index (χ3v) is 5.21. The average Bonchev–Trinajstić information content (AvgIpc) is 2.24. The fourth-order valence-corrected chi connectivity index (χ4v) is 3.40. The van der Waals surface area contributed by atoms with Gasteiger partial charge in [0.15, 0.2) is 0 Å². The van der Waals surface area contributed by atoms with Crippen molar-refractivity contribution in [3.8, 4) is 0 Å². The van der Waals surface area contributed by atoms with Crippen molar-refractivity contribution < 1.29 is 5.11 Å². The molecular weight excluding hydrogens is 212 g/mol. The Morgan fingerprint density at radius 3 is 2.31 bits per heavy atom. The van der Waals surface area contributed by atoms with Crippen molar-refractivity contribution in [2.75, 3.05) is 6.61 Å². The van der Waals surface area contributed by atoms with E-state index in [4.69, 9.17) is 5.11 Å². The second-order valence-corrected chi connectivity index (χ2v) is 10.3. The topological polar surface area (TPSA) is 20.2 Å². The number of aryl methyl sites for hydroxylation is 1. The molecule has 1 aromatic rings. The van der Waals surface area contributed by atoms with Crippen LogP contribution < -0.4 is 0 Å². The maximum atomic E-state index is 9.04. The second-order valence-electron chi connectivity index (χ2n) is 5.15. The van der Waals surface area contributed by atoms with E-state index in [1.165, 1.54) is 10.8 Å². The number of aliphatic hydroxyl groups is 1. The smallest absolute Gasteiger partial charge is 0.0721 e. The Hall–Kier alpha value is -0.863. The summed E-state index contributed by atoms with van der Waals surface area (Å²) in [7, 11) is -1.26. The Morgan fingerprint density at radius 2 is 1.81 bits per heavy atom. The van der Waals surface area contributed by atoms with Crippen molar-refractivity contribution in [1.29, 1.82) is 0 Å². The minimum Gasteiger partial charge on any atom is -0.392 e. The Balaban J connectivity index is 2.62. The minimum absolute atomic E-state index is 0.175. The van der Waals surface area contributed by atoms with E-state index >= 15 is 0 Å². The molecule has 0 aliphatic heterocycles. The molecule has 16 heavy (non-hydrogen) atoms. The van der Waals surface area contributed by atoms with Crippen molar-refractivity contribution >= 4 is 8.07 Å². The first-order valence-corrected chi connectivity index (χ1v) is 9.38. The zero-order chi connectivity index (χ0) is 12.0. The first-order chi connectivity index (χ1) is 7.54. The zero-order valence-electron chi connectivity index (χ0n) is 10.5. The molecule has 88 valence electrons. The summed E-state index contributed by atoms with van der Waals surface area (Å²) in [5.41, 5.74) is 1.38. The summed E-state index contributed by atoms with van der Waals surface area (Å²) in [6.07, 6.45) is 4.17. The van der Waals surface area contributed by atoms with Gasteiger partial charge in [-0.1, -0.05) is 61.2 Å². The standard InChI is InChI=1S/C14H22OSi/c1-16(2,3)14(11-12-15)10-9-13-7-5-4-6-8-13/h4-8,11,15H,9-10,12H2,1-3H3/b14-11+. The highest BCUT2D eigenvalue weighted by atomic mass is 28.3. The van der Waals surface area contributed by atoms with Crippen molar-refractivity contribution in [2.45, 2.75) is 32.5 Å². The molecule has 0 aliphatic carbocycles. The lowest BCUT2D eigenvalue weighted by molar-refractivity contribution is 0.342. The molecule has 2 heteroatoms.